The summed E-state index contributed by atoms with van der Waals surface area (Å²) < 4.78 is 26.0. The third-order valence-electron chi connectivity index (χ3n) is 7.75. The number of fused-ring (bicyclic) bond motifs is 2. The maximum atomic E-state index is 14.1. The lowest BCUT2D eigenvalue weighted by molar-refractivity contribution is -0.139. The van der Waals surface area contributed by atoms with Crippen LogP contribution in [0, 0.1) is 3.57 Å². The molecule has 8 nitrogen and oxygen atoms in total. The van der Waals surface area contributed by atoms with E-state index < -0.39 is 12.0 Å². The molecule has 46 heavy (non-hydrogen) atoms. The lowest BCUT2D eigenvalue weighted by Crippen LogP contribution is -2.40. The van der Waals surface area contributed by atoms with E-state index >= 15 is 0 Å². The van der Waals surface area contributed by atoms with Crippen molar-refractivity contribution in [1.82, 2.24) is 4.57 Å². The van der Waals surface area contributed by atoms with Crippen molar-refractivity contribution in [2.75, 3.05) is 20.8 Å². The van der Waals surface area contributed by atoms with Crippen LogP contribution in [0.1, 0.15) is 36.6 Å². The quantitative estimate of drug-likeness (QED) is 0.133. The fourth-order valence-electron chi connectivity index (χ4n) is 5.66. The summed E-state index contributed by atoms with van der Waals surface area (Å²) in [6.07, 6.45) is 1.81. The van der Waals surface area contributed by atoms with Gasteiger partial charge in [-0.05, 0) is 82.6 Å². The number of carbonyl (C=O) groups excluding carboxylic acids is 1. The zero-order valence-corrected chi connectivity index (χ0v) is 28.7. The molecule has 10 heteroatoms. The van der Waals surface area contributed by atoms with E-state index in [0.717, 1.165) is 25.5 Å². The van der Waals surface area contributed by atoms with E-state index in [1.54, 1.807) is 38.7 Å². The van der Waals surface area contributed by atoms with Gasteiger partial charge in [-0.25, -0.2) is 9.79 Å². The van der Waals surface area contributed by atoms with E-state index in [1.165, 1.54) is 11.3 Å². The number of thiazole rings is 1. The predicted octanol–water partition coefficient (Wildman–Crippen LogP) is 6.15. The maximum absolute atomic E-state index is 14.1. The Kier molecular flexibility index (Phi) is 9.27. The number of para-hydroxylation sites is 1. The Labute approximate surface area is 283 Å². The first-order valence-corrected chi connectivity index (χ1v) is 16.5. The van der Waals surface area contributed by atoms with Crippen molar-refractivity contribution < 1.29 is 23.7 Å². The molecule has 2 heterocycles. The van der Waals surface area contributed by atoms with Crippen molar-refractivity contribution in [2.45, 2.75) is 26.5 Å². The molecule has 0 saturated carbocycles. The fraction of sp³-hybridized carbons (Fsp3) is 0.194. The summed E-state index contributed by atoms with van der Waals surface area (Å²) in [4.78, 5) is 32.5. The van der Waals surface area contributed by atoms with Crippen molar-refractivity contribution >= 4 is 56.7 Å². The lowest BCUT2D eigenvalue weighted by atomic mass is 9.95. The Hall–Kier alpha value is -4.42. The average Bonchev–Trinajstić information content (AvgIpc) is 3.36. The zero-order valence-electron chi connectivity index (χ0n) is 25.7. The number of nitrogens with zero attached hydrogens (tertiary/aromatic N) is 2. The molecule has 0 aliphatic carbocycles. The van der Waals surface area contributed by atoms with E-state index in [-0.39, 0.29) is 12.2 Å². The van der Waals surface area contributed by atoms with E-state index in [4.69, 9.17) is 18.9 Å². The van der Waals surface area contributed by atoms with Gasteiger partial charge in [-0.2, -0.15) is 0 Å². The van der Waals surface area contributed by atoms with Gasteiger partial charge >= 0.3 is 5.97 Å². The van der Waals surface area contributed by atoms with Crippen molar-refractivity contribution in [3.8, 4) is 17.2 Å². The van der Waals surface area contributed by atoms with Crippen LogP contribution in [0.3, 0.4) is 0 Å². The number of allylic oxidation sites excluding steroid dienone is 1. The van der Waals surface area contributed by atoms with Crippen LogP contribution < -0.4 is 29.1 Å². The highest BCUT2D eigenvalue weighted by Crippen LogP contribution is 2.37. The molecule has 0 amide bonds. The second-order valence-electron chi connectivity index (χ2n) is 10.5. The van der Waals surface area contributed by atoms with Crippen LogP contribution in [0.4, 0.5) is 0 Å². The molecule has 5 aromatic rings. The van der Waals surface area contributed by atoms with Crippen LogP contribution in [0.15, 0.2) is 99.9 Å². The first-order chi connectivity index (χ1) is 22.3. The van der Waals surface area contributed by atoms with Crippen molar-refractivity contribution in [2.24, 2.45) is 4.99 Å². The summed E-state index contributed by atoms with van der Waals surface area (Å²) in [5.74, 6) is 1.21. The molecule has 1 atom stereocenters. The molecule has 0 fully saturated rings. The first-order valence-electron chi connectivity index (χ1n) is 14.6. The summed E-state index contributed by atoms with van der Waals surface area (Å²) in [6, 6.07) is 24.8. The Morgan fingerprint density at radius 3 is 2.52 bits per heavy atom. The molecule has 1 aliphatic heterocycles. The number of halogens is 1. The minimum absolute atomic E-state index is 0.195. The standard InChI is InChI=1S/C36H31IN2O6S/c1-5-44-35(41)31-21(2)38-36-39(32(31)26-15-8-9-16-28(26)42-3)34(40)30(46-36)19-22-17-27(37)33(29(18-22)43-4)45-20-24-13-10-12-23-11-6-7-14-25(23)24/h6-19,32H,5,20H2,1-4H3/b30-19+/t32-/m1/s1. The number of hydrogen-bond donors (Lipinski definition) is 0. The Balaban J connectivity index is 1.41. The molecule has 1 aliphatic rings. The summed E-state index contributed by atoms with van der Waals surface area (Å²) in [5, 5.41) is 2.29. The molecular formula is C36H31IN2O6S. The molecule has 234 valence electrons. The first kappa shape index (κ1) is 31.6. The third-order valence-corrected chi connectivity index (χ3v) is 9.54. The normalized spacial score (nSPS) is 14.5. The highest BCUT2D eigenvalue weighted by atomic mass is 127. The molecule has 0 unspecified atom stereocenters. The number of carbonyl (C=O) groups is 1. The molecule has 4 aromatic carbocycles. The van der Waals surface area contributed by atoms with Gasteiger partial charge in [0.2, 0.25) is 0 Å². The summed E-state index contributed by atoms with van der Waals surface area (Å²) in [6.45, 7) is 4.07. The highest BCUT2D eigenvalue weighted by molar-refractivity contribution is 14.1. The van der Waals surface area contributed by atoms with Crippen molar-refractivity contribution in [3.05, 3.63) is 130 Å². The monoisotopic (exact) mass is 746 g/mol. The third kappa shape index (κ3) is 5.94. The van der Waals surface area contributed by atoms with Gasteiger partial charge in [0, 0.05) is 5.56 Å². The average molecular weight is 747 g/mol. The van der Waals surface area contributed by atoms with Crippen LogP contribution in [-0.2, 0) is 16.1 Å². The van der Waals surface area contributed by atoms with Crippen molar-refractivity contribution in [1.29, 1.82) is 0 Å². The predicted molar refractivity (Wildman–Crippen MR) is 187 cm³/mol. The summed E-state index contributed by atoms with van der Waals surface area (Å²) >= 11 is 3.49. The molecule has 6 rings (SSSR count). The highest BCUT2D eigenvalue weighted by Gasteiger charge is 2.35. The second kappa shape index (κ2) is 13.5. The molecule has 0 radical (unpaired) electrons. The number of aromatic nitrogens is 1. The SMILES string of the molecule is CCOC(=O)C1=C(C)N=c2s/c(=C/c3cc(I)c(OCc4cccc5ccccc45)c(OC)c3)c(=O)n2[C@@H]1c1ccccc1OC. The fourth-order valence-corrected chi connectivity index (χ4v) is 7.49. The van der Waals surface area contributed by atoms with Crippen molar-refractivity contribution in [3.63, 3.8) is 0 Å². The van der Waals surface area contributed by atoms with Crippen LogP contribution in [0.5, 0.6) is 17.2 Å². The molecule has 0 N–H and O–H groups in total. The molecular weight excluding hydrogens is 715 g/mol. The van der Waals surface area contributed by atoms with Gasteiger partial charge < -0.3 is 18.9 Å². The number of benzene rings is 4. The van der Waals surface area contributed by atoms with Crippen LogP contribution in [0.25, 0.3) is 16.8 Å². The molecule has 0 spiro atoms. The number of esters is 1. The maximum Gasteiger partial charge on any atom is 0.338 e. The topological polar surface area (TPSA) is 88.4 Å². The van der Waals surface area contributed by atoms with Crippen LogP contribution in [0.2, 0.25) is 0 Å². The van der Waals surface area contributed by atoms with E-state index in [1.807, 2.05) is 54.6 Å². The Morgan fingerprint density at radius 2 is 1.74 bits per heavy atom. The second-order valence-corrected chi connectivity index (χ2v) is 12.7. The van der Waals surface area contributed by atoms with E-state index in [0.29, 0.717) is 50.0 Å². The zero-order chi connectivity index (χ0) is 32.4. The smallest absolute Gasteiger partial charge is 0.338 e. The van der Waals surface area contributed by atoms with E-state index in [2.05, 4.69) is 51.8 Å². The number of methoxy groups -OCH3 is 2. The van der Waals surface area contributed by atoms with Gasteiger partial charge in [0.15, 0.2) is 16.3 Å². The molecule has 0 saturated heterocycles. The van der Waals surface area contributed by atoms with Gasteiger partial charge in [0.1, 0.15) is 18.4 Å². The van der Waals surface area contributed by atoms with Crippen LogP contribution in [-0.4, -0.2) is 31.4 Å². The number of rotatable bonds is 9. The molecule has 0 bridgehead atoms. The Morgan fingerprint density at radius 1 is 1.00 bits per heavy atom. The van der Waals surface area contributed by atoms with Crippen LogP contribution >= 0.6 is 33.9 Å². The Bertz CT molecular complexity index is 2180. The van der Waals surface area contributed by atoms with E-state index in [9.17, 15) is 9.59 Å². The van der Waals surface area contributed by atoms with Gasteiger partial charge in [0.25, 0.3) is 5.56 Å². The van der Waals surface area contributed by atoms with Gasteiger partial charge in [-0.15, -0.1) is 0 Å². The molecule has 1 aromatic heterocycles. The minimum Gasteiger partial charge on any atom is -0.496 e. The summed E-state index contributed by atoms with van der Waals surface area (Å²) in [7, 11) is 3.16. The van der Waals surface area contributed by atoms with Gasteiger partial charge in [0.05, 0.1) is 40.2 Å². The lowest BCUT2D eigenvalue weighted by Gasteiger charge is -2.25. The van der Waals surface area contributed by atoms with Gasteiger partial charge in [-0.3, -0.25) is 9.36 Å². The number of hydrogen-bond acceptors (Lipinski definition) is 8. The number of ether oxygens (including phenoxy) is 4. The minimum atomic E-state index is -0.770. The largest absolute Gasteiger partial charge is 0.496 e. The van der Waals surface area contributed by atoms with Gasteiger partial charge in [-0.1, -0.05) is 72.0 Å². The summed E-state index contributed by atoms with van der Waals surface area (Å²) in [5.41, 5.74) is 3.01.